The van der Waals surface area contributed by atoms with Gasteiger partial charge in [0.2, 0.25) is 17.7 Å². The van der Waals surface area contributed by atoms with E-state index in [2.05, 4.69) is 25.9 Å². The SMILES string of the molecule is CC(N)C(=O)NC(C(=O)NCC(=O)NC(Cc1cnc[nH]1)C(=O)O)C(C)C. The van der Waals surface area contributed by atoms with Crippen molar-refractivity contribution in [2.24, 2.45) is 11.7 Å². The standard InChI is InChI=1S/C16H26N6O5/c1-8(2)13(22-14(24)9(3)17)15(25)19-6-12(23)21-11(16(26)27)4-10-5-18-7-20-10/h5,7-9,11,13H,4,6,17H2,1-3H3,(H,18,20)(H,19,25)(H,21,23)(H,22,24)(H,26,27). The van der Waals surface area contributed by atoms with E-state index in [1.54, 1.807) is 13.8 Å². The number of hydrogen-bond donors (Lipinski definition) is 6. The van der Waals surface area contributed by atoms with E-state index in [1.165, 1.54) is 19.4 Å². The molecule has 11 nitrogen and oxygen atoms in total. The smallest absolute Gasteiger partial charge is 0.326 e. The Morgan fingerprint density at radius 1 is 1.19 bits per heavy atom. The number of aliphatic carboxylic acids is 1. The van der Waals surface area contributed by atoms with Crippen LogP contribution in [0.4, 0.5) is 0 Å². The number of carbonyl (C=O) groups excluding carboxylic acids is 3. The van der Waals surface area contributed by atoms with Crippen molar-refractivity contribution in [3.8, 4) is 0 Å². The summed E-state index contributed by atoms with van der Waals surface area (Å²) in [5.74, 6) is -3.17. The summed E-state index contributed by atoms with van der Waals surface area (Å²) in [6, 6.07) is -2.81. The van der Waals surface area contributed by atoms with Crippen LogP contribution in [0.3, 0.4) is 0 Å². The Hall–Kier alpha value is -2.95. The van der Waals surface area contributed by atoms with Crippen LogP contribution < -0.4 is 21.7 Å². The average molecular weight is 382 g/mol. The highest BCUT2D eigenvalue weighted by atomic mass is 16.4. The monoisotopic (exact) mass is 382 g/mol. The molecule has 0 saturated heterocycles. The third-order valence-electron chi connectivity index (χ3n) is 3.70. The lowest BCUT2D eigenvalue weighted by Gasteiger charge is -2.22. The summed E-state index contributed by atoms with van der Waals surface area (Å²) in [5.41, 5.74) is 6.02. The minimum atomic E-state index is -1.21. The van der Waals surface area contributed by atoms with Crippen LogP contribution in [0.1, 0.15) is 26.5 Å². The zero-order chi connectivity index (χ0) is 20.6. The molecule has 0 spiro atoms. The molecule has 3 unspecified atom stereocenters. The number of H-pyrrole nitrogens is 1. The van der Waals surface area contributed by atoms with E-state index in [-0.39, 0.29) is 12.3 Å². The molecule has 0 aromatic carbocycles. The summed E-state index contributed by atoms with van der Waals surface area (Å²) in [7, 11) is 0. The largest absolute Gasteiger partial charge is 0.480 e. The van der Waals surface area contributed by atoms with Crippen LogP contribution in [-0.2, 0) is 25.6 Å². The van der Waals surface area contributed by atoms with Crippen molar-refractivity contribution in [1.82, 2.24) is 25.9 Å². The van der Waals surface area contributed by atoms with Crippen molar-refractivity contribution in [1.29, 1.82) is 0 Å². The van der Waals surface area contributed by atoms with Crippen LogP contribution in [0.25, 0.3) is 0 Å². The second-order valence-electron chi connectivity index (χ2n) is 6.48. The van der Waals surface area contributed by atoms with Gasteiger partial charge in [0, 0.05) is 18.3 Å². The third-order valence-corrected chi connectivity index (χ3v) is 3.70. The molecule has 150 valence electrons. The van der Waals surface area contributed by atoms with Crippen molar-refractivity contribution in [2.75, 3.05) is 6.54 Å². The number of imidazole rings is 1. The molecule has 0 aliphatic carbocycles. The molecule has 0 aliphatic heterocycles. The van der Waals surface area contributed by atoms with Crippen molar-refractivity contribution < 1.29 is 24.3 Å². The second kappa shape index (κ2) is 10.3. The highest BCUT2D eigenvalue weighted by Crippen LogP contribution is 2.02. The third kappa shape index (κ3) is 7.44. The first kappa shape index (κ1) is 22.1. The highest BCUT2D eigenvalue weighted by molar-refractivity contribution is 5.92. The molecule has 27 heavy (non-hydrogen) atoms. The van der Waals surface area contributed by atoms with Crippen LogP contribution in [0.15, 0.2) is 12.5 Å². The number of nitrogens with two attached hydrogens (primary N) is 1. The predicted molar refractivity (Wildman–Crippen MR) is 95.3 cm³/mol. The van der Waals surface area contributed by atoms with Gasteiger partial charge in [-0.05, 0) is 12.8 Å². The predicted octanol–water partition coefficient (Wildman–Crippen LogP) is -1.87. The van der Waals surface area contributed by atoms with Gasteiger partial charge in [-0.3, -0.25) is 14.4 Å². The summed E-state index contributed by atoms with van der Waals surface area (Å²) in [4.78, 5) is 53.8. The molecule has 0 bridgehead atoms. The maximum absolute atomic E-state index is 12.2. The quantitative estimate of drug-likeness (QED) is 0.274. The number of carboxylic acid groups (broad SMARTS) is 1. The van der Waals surface area contributed by atoms with Gasteiger partial charge in [0.05, 0.1) is 18.9 Å². The minimum Gasteiger partial charge on any atom is -0.480 e. The first-order valence-electron chi connectivity index (χ1n) is 8.44. The van der Waals surface area contributed by atoms with Crippen molar-refractivity contribution in [3.05, 3.63) is 18.2 Å². The molecule has 0 saturated carbocycles. The number of carbonyl (C=O) groups is 4. The summed E-state index contributed by atoms with van der Waals surface area (Å²) in [5, 5.41) is 16.5. The molecular formula is C16H26N6O5. The topological polar surface area (TPSA) is 179 Å². The molecule has 0 aliphatic rings. The fourth-order valence-electron chi connectivity index (χ4n) is 2.16. The van der Waals surface area contributed by atoms with E-state index >= 15 is 0 Å². The molecule has 11 heteroatoms. The van der Waals surface area contributed by atoms with Gasteiger partial charge in [-0.2, -0.15) is 0 Å². The Morgan fingerprint density at radius 2 is 1.85 bits per heavy atom. The van der Waals surface area contributed by atoms with Crippen molar-refractivity contribution in [2.45, 2.75) is 45.3 Å². The lowest BCUT2D eigenvalue weighted by Crippen LogP contribution is -2.55. The van der Waals surface area contributed by atoms with Crippen LogP contribution in [-0.4, -0.2) is 63.4 Å². The van der Waals surface area contributed by atoms with Crippen molar-refractivity contribution in [3.63, 3.8) is 0 Å². The number of aromatic nitrogens is 2. The van der Waals surface area contributed by atoms with Crippen LogP contribution in [0.5, 0.6) is 0 Å². The molecule has 3 amide bonds. The van der Waals surface area contributed by atoms with Gasteiger partial charge in [0.15, 0.2) is 0 Å². The van der Waals surface area contributed by atoms with Crippen LogP contribution >= 0.6 is 0 Å². The Balaban J connectivity index is 2.58. The first-order valence-corrected chi connectivity index (χ1v) is 8.44. The van der Waals surface area contributed by atoms with Crippen LogP contribution in [0, 0.1) is 5.92 Å². The van der Waals surface area contributed by atoms with Gasteiger partial charge in [-0.25, -0.2) is 9.78 Å². The van der Waals surface area contributed by atoms with E-state index in [0.717, 1.165) is 0 Å². The lowest BCUT2D eigenvalue weighted by atomic mass is 10.0. The number of amides is 3. The molecule has 3 atom stereocenters. The van der Waals surface area contributed by atoms with E-state index < -0.39 is 48.4 Å². The number of hydrogen-bond acceptors (Lipinski definition) is 6. The average Bonchev–Trinajstić information content (AvgIpc) is 3.09. The van der Waals surface area contributed by atoms with Crippen LogP contribution in [0.2, 0.25) is 0 Å². The van der Waals surface area contributed by atoms with E-state index in [4.69, 9.17) is 5.73 Å². The molecular weight excluding hydrogens is 356 g/mol. The van der Waals surface area contributed by atoms with Gasteiger partial charge >= 0.3 is 5.97 Å². The number of nitrogens with zero attached hydrogens (tertiary/aromatic N) is 1. The fraction of sp³-hybridized carbons (Fsp3) is 0.562. The molecule has 7 N–H and O–H groups in total. The molecule has 1 aromatic heterocycles. The fourth-order valence-corrected chi connectivity index (χ4v) is 2.16. The van der Waals surface area contributed by atoms with Gasteiger partial charge in [-0.15, -0.1) is 0 Å². The Kier molecular flexibility index (Phi) is 8.39. The number of aromatic amines is 1. The van der Waals surface area contributed by atoms with Crippen molar-refractivity contribution >= 4 is 23.7 Å². The Labute approximate surface area is 156 Å². The van der Waals surface area contributed by atoms with Gasteiger partial charge in [-0.1, -0.05) is 13.8 Å². The van der Waals surface area contributed by atoms with Gasteiger partial charge in [0.1, 0.15) is 12.1 Å². The number of nitrogens with one attached hydrogen (secondary N) is 4. The Morgan fingerprint density at radius 3 is 2.33 bits per heavy atom. The number of rotatable bonds is 10. The zero-order valence-corrected chi connectivity index (χ0v) is 15.5. The molecule has 1 aromatic rings. The number of carboxylic acids is 1. The van der Waals surface area contributed by atoms with Gasteiger partial charge < -0.3 is 31.8 Å². The molecule has 1 rings (SSSR count). The van der Waals surface area contributed by atoms with E-state index in [9.17, 15) is 24.3 Å². The molecule has 0 fully saturated rings. The molecule has 1 heterocycles. The zero-order valence-electron chi connectivity index (χ0n) is 15.5. The lowest BCUT2D eigenvalue weighted by molar-refractivity contribution is -0.141. The summed E-state index contributed by atoms with van der Waals surface area (Å²) >= 11 is 0. The first-order chi connectivity index (χ1) is 12.6. The normalized spacial score (nSPS) is 14.1. The maximum atomic E-state index is 12.2. The summed E-state index contributed by atoms with van der Waals surface area (Å²) in [6.07, 6.45) is 2.88. The second-order valence-corrected chi connectivity index (χ2v) is 6.48. The Bertz CT molecular complexity index is 658. The highest BCUT2D eigenvalue weighted by Gasteiger charge is 2.26. The van der Waals surface area contributed by atoms with Gasteiger partial charge in [0.25, 0.3) is 0 Å². The summed E-state index contributed by atoms with van der Waals surface area (Å²) in [6.45, 7) is 4.53. The minimum absolute atomic E-state index is 0.0219. The molecule has 0 radical (unpaired) electrons. The van der Waals surface area contributed by atoms with E-state index in [0.29, 0.717) is 5.69 Å². The van der Waals surface area contributed by atoms with E-state index in [1.807, 2.05) is 0 Å². The summed E-state index contributed by atoms with van der Waals surface area (Å²) < 4.78 is 0. The maximum Gasteiger partial charge on any atom is 0.326 e.